The Labute approximate surface area is 59.7 Å². The molecule has 0 saturated heterocycles. The van der Waals surface area contributed by atoms with Gasteiger partial charge in [-0.3, -0.25) is 4.79 Å². The monoisotopic (exact) mass is 144 g/mol. The fourth-order valence-electron chi connectivity index (χ4n) is 0.989. The minimum absolute atomic E-state index is 0.173. The first-order valence-corrected chi connectivity index (χ1v) is 3.61. The van der Waals surface area contributed by atoms with Crippen LogP contribution in [-0.2, 0) is 4.79 Å². The molecule has 1 aliphatic carbocycles. The molecule has 50 valence electrons. The molecule has 0 aromatic rings. The Hall–Kier alpha value is -0.300. The molecule has 0 saturated carbocycles. The number of alkyl halides is 1. The van der Waals surface area contributed by atoms with Crippen molar-refractivity contribution in [2.75, 3.05) is 5.88 Å². The Balaban J connectivity index is 2.36. The number of halogens is 1. The molecule has 0 heterocycles. The highest BCUT2D eigenvalue weighted by molar-refractivity contribution is 6.27. The lowest BCUT2D eigenvalue weighted by Gasteiger charge is -2.02. The third kappa shape index (κ3) is 1.55. The number of allylic oxidation sites excluding steroid dienone is 2. The molecule has 0 unspecified atom stereocenters. The van der Waals surface area contributed by atoms with E-state index in [1.165, 1.54) is 0 Å². The molecule has 0 N–H and O–H groups in total. The predicted octanol–water partition coefficient (Wildman–Crippen LogP) is 1.76. The van der Waals surface area contributed by atoms with Gasteiger partial charge >= 0.3 is 0 Å². The smallest absolute Gasteiger partial charge is 0.151 e. The van der Waals surface area contributed by atoms with Crippen LogP contribution in [-0.4, -0.2) is 11.7 Å². The summed E-state index contributed by atoms with van der Waals surface area (Å²) < 4.78 is 0. The largest absolute Gasteiger partial charge is 0.298 e. The first-order valence-electron chi connectivity index (χ1n) is 3.08. The van der Waals surface area contributed by atoms with E-state index in [1.807, 2.05) is 12.2 Å². The van der Waals surface area contributed by atoms with Crippen molar-refractivity contribution in [3.05, 3.63) is 12.2 Å². The zero-order chi connectivity index (χ0) is 6.69. The summed E-state index contributed by atoms with van der Waals surface area (Å²) in [5.41, 5.74) is 0. The van der Waals surface area contributed by atoms with Crippen molar-refractivity contribution in [3.63, 3.8) is 0 Å². The van der Waals surface area contributed by atoms with Crippen molar-refractivity contribution in [1.29, 1.82) is 0 Å². The van der Waals surface area contributed by atoms with Gasteiger partial charge in [0, 0.05) is 5.92 Å². The molecule has 0 amide bonds. The molecule has 0 spiro atoms. The number of hydrogen-bond acceptors (Lipinski definition) is 1. The van der Waals surface area contributed by atoms with E-state index in [0.717, 1.165) is 12.8 Å². The summed E-state index contributed by atoms with van der Waals surface area (Å²) >= 11 is 5.35. The Kier molecular flexibility index (Phi) is 2.29. The van der Waals surface area contributed by atoms with Crippen LogP contribution in [0.2, 0.25) is 0 Å². The summed E-state index contributed by atoms with van der Waals surface area (Å²) in [6, 6.07) is 0. The van der Waals surface area contributed by atoms with Gasteiger partial charge in [0.1, 0.15) is 0 Å². The highest BCUT2D eigenvalue weighted by Crippen LogP contribution is 2.18. The fourth-order valence-corrected chi connectivity index (χ4v) is 1.21. The molecule has 0 aromatic heterocycles. The predicted molar refractivity (Wildman–Crippen MR) is 37.6 cm³/mol. The molecule has 1 rings (SSSR count). The molecular weight excluding hydrogens is 136 g/mol. The standard InChI is InChI=1S/C7H9ClO/c8-5-7(9)6-3-1-2-4-6/h1-2,6H,3-5H2. The van der Waals surface area contributed by atoms with Crippen LogP contribution in [0.25, 0.3) is 0 Å². The lowest BCUT2D eigenvalue weighted by atomic mass is 10.0. The van der Waals surface area contributed by atoms with E-state index in [-0.39, 0.29) is 17.6 Å². The molecule has 0 bridgehead atoms. The van der Waals surface area contributed by atoms with Gasteiger partial charge < -0.3 is 0 Å². The van der Waals surface area contributed by atoms with Gasteiger partial charge in [-0.05, 0) is 12.8 Å². The van der Waals surface area contributed by atoms with E-state index in [0.29, 0.717) is 0 Å². The van der Waals surface area contributed by atoms with Gasteiger partial charge in [0.15, 0.2) is 5.78 Å². The Morgan fingerprint density at radius 2 is 2.11 bits per heavy atom. The van der Waals surface area contributed by atoms with Crippen LogP contribution in [0, 0.1) is 5.92 Å². The van der Waals surface area contributed by atoms with Crippen LogP contribution in [0.15, 0.2) is 12.2 Å². The quantitative estimate of drug-likeness (QED) is 0.427. The minimum atomic E-state index is 0.173. The van der Waals surface area contributed by atoms with Gasteiger partial charge in [-0.15, -0.1) is 11.6 Å². The number of rotatable bonds is 2. The van der Waals surface area contributed by atoms with Crippen LogP contribution in [0.3, 0.4) is 0 Å². The molecule has 0 fully saturated rings. The normalized spacial score (nSPS) is 18.8. The average Bonchev–Trinajstić information content (AvgIpc) is 2.37. The molecule has 0 aliphatic heterocycles. The zero-order valence-electron chi connectivity index (χ0n) is 5.14. The van der Waals surface area contributed by atoms with E-state index in [9.17, 15) is 4.79 Å². The summed E-state index contributed by atoms with van der Waals surface area (Å²) in [4.78, 5) is 10.8. The van der Waals surface area contributed by atoms with Crippen molar-refractivity contribution in [1.82, 2.24) is 0 Å². The molecule has 2 heteroatoms. The fraction of sp³-hybridized carbons (Fsp3) is 0.571. The Bertz CT molecular complexity index is 132. The van der Waals surface area contributed by atoms with Crippen molar-refractivity contribution in [3.8, 4) is 0 Å². The third-order valence-electron chi connectivity index (χ3n) is 1.59. The molecule has 0 radical (unpaired) electrons. The van der Waals surface area contributed by atoms with Gasteiger partial charge in [0.25, 0.3) is 0 Å². The second kappa shape index (κ2) is 3.02. The highest BCUT2D eigenvalue weighted by atomic mass is 35.5. The summed E-state index contributed by atoms with van der Waals surface area (Å²) in [6.07, 6.45) is 5.86. The van der Waals surface area contributed by atoms with Crippen molar-refractivity contribution < 1.29 is 4.79 Å². The summed E-state index contributed by atoms with van der Waals surface area (Å²) in [5.74, 6) is 0.552. The Morgan fingerprint density at radius 1 is 1.56 bits per heavy atom. The van der Waals surface area contributed by atoms with E-state index >= 15 is 0 Å². The van der Waals surface area contributed by atoms with Gasteiger partial charge in [-0.1, -0.05) is 12.2 Å². The number of ketones is 1. The SMILES string of the molecule is O=C(CCl)C1CC=CC1. The average molecular weight is 145 g/mol. The third-order valence-corrected chi connectivity index (χ3v) is 1.86. The first-order chi connectivity index (χ1) is 4.34. The van der Waals surface area contributed by atoms with E-state index in [4.69, 9.17) is 11.6 Å². The lowest BCUT2D eigenvalue weighted by molar-refractivity contribution is -0.120. The lowest BCUT2D eigenvalue weighted by Crippen LogP contribution is -2.11. The molecule has 0 aromatic carbocycles. The Morgan fingerprint density at radius 3 is 2.56 bits per heavy atom. The maximum absolute atomic E-state index is 10.8. The van der Waals surface area contributed by atoms with Crippen molar-refractivity contribution in [2.45, 2.75) is 12.8 Å². The van der Waals surface area contributed by atoms with Crippen molar-refractivity contribution in [2.24, 2.45) is 5.92 Å². The number of hydrogen-bond donors (Lipinski definition) is 0. The molecule has 1 aliphatic rings. The molecule has 1 nitrogen and oxygen atoms in total. The molecule has 0 atom stereocenters. The topological polar surface area (TPSA) is 17.1 Å². The highest BCUT2D eigenvalue weighted by Gasteiger charge is 2.17. The second-order valence-electron chi connectivity index (χ2n) is 2.24. The van der Waals surface area contributed by atoms with Crippen LogP contribution in [0.5, 0.6) is 0 Å². The number of carbonyl (C=O) groups is 1. The molecular formula is C7H9ClO. The van der Waals surface area contributed by atoms with Gasteiger partial charge in [0.05, 0.1) is 5.88 Å². The van der Waals surface area contributed by atoms with E-state index < -0.39 is 0 Å². The van der Waals surface area contributed by atoms with Crippen LogP contribution >= 0.6 is 11.6 Å². The summed E-state index contributed by atoms with van der Waals surface area (Å²) in [6.45, 7) is 0. The summed E-state index contributed by atoms with van der Waals surface area (Å²) in [7, 11) is 0. The van der Waals surface area contributed by atoms with E-state index in [1.54, 1.807) is 0 Å². The van der Waals surface area contributed by atoms with Crippen LogP contribution < -0.4 is 0 Å². The van der Waals surface area contributed by atoms with Gasteiger partial charge in [-0.2, -0.15) is 0 Å². The maximum Gasteiger partial charge on any atom is 0.151 e. The van der Waals surface area contributed by atoms with Crippen LogP contribution in [0.1, 0.15) is 12.8 Å². The maximum atomic E-state index is 10.8. The molecule has 9 heavy (non-hydrogen) atoms. The first kappa shape index (κ1) is 6.81. The second-order valence-corrected chi connectivity index (χ2v) is 2.51. The van der Waals surface area contributed by atoms with E-state index in [2.05, 4.69) is 0 Å². The zero-order valence-corrected chi connectivity index (χ0v) is 5.90. The summed E-state index contributed by atoms with van der Waals surface area (Å²) in [5, 5.41) is 0. The van der Waals surface area contributed by atoms with Crippen molar-refractivity contribution >= 4 is 17.4 Å². The number of carbonyl (C=O) groups excluding carboxylic acids is 1. The minimum Gasteiger partial charge on any atom is -0.298 e. The van der Waals surface area contributed by atoms with Gasteiger partial charge in [-0.25, -0.2) is 0 Å². The number of Topliss-reactive ketones (excluding diaryl/α,β-unsaturated/α-hetero) is 1. The van der Waals surface area contributed by atoms with Gasteiger partial charge in [0.2, 0.25) is 0 Å². The van der Waals surface area contributed by atoms with Crippen LogP contribution in [0.4, 0.5) is 0 Å².